The molecule has 2 aliphatic rings. The molecule has 0 radical (unpaired) electrons. The van der Waals surface area contributed by atoms with Crippen molar-refractivity contribution >= 4 is 57.2 Å². The summed E-state index contributed by atoms with van der Waals surface area (Å²) in [5.74, 6) is -2.29. The maximum absolute atomic E-state index is 13.0. The maximum Gasteiger partial charge on any atom is 0.352 e. The molecule has 1 fully saturated rings. The molecule has 0 bridgehead atoms. The number of nitrogens with one attached hydrogen (secondary N) is 1. The molecule has 3 aromatic rings. The molecule has 3 aromatic heterocycles. The van der Waals surface area contributed by atoms with E-state index in [1.54, 1.807) is 0 Å². The van der Waals surface area contributed by atoms with Gasteiger partial charge < -0.3 is 25.4 Å². The number of nitrogen functional groups attached to an aromatic ring is 1. The third kappa shape index (κ3) is 4.26. The third-order valence-corrected chi connectivity index (χ3v) is 7.64. The first-order valence-corrected chi connectivity index (χ1v) is 12.4. The van der Waals surface area contributed by atoms with Gasteiger partial charge in [0.2, 0.25) is 0 Å². The lowest BCUT2D eigenvalue weighted by atomic mass is 10.0. The molecule has 36 heavy (non-hydrogen) atoms. The van der Waals surface area contributed by atoms with E-state index >= 15 is 0 Å². The molecule has 0 saturated carbocycles. The fourth-order valence-electron chi connectivity index (χ4n) is 4.05. The Balaban J connectivity index is 1.35. The van der Waals surface area contributed by atoms with Crippen molar-refractivity contribution in [1.29, 1.82) is 0 Å². The highest BCUT2D eigenvalue weighted by Gasteiger charge is 2.54. The smallest absolute Gasteiger partial charge is 0.352 e. The number of alkyl halides is 1. The van der Waals surface area contributed by atoms with Crippen LogP contribution in [0.25, 0.3) is 5.52 Å². The minimum absolute atomic E-state index is 0.0637. The largest absolute Gasteiger partial charge is 0.477 e. The summed E-state index contributed by atoms with van der Waals surface area (Å²) >= 11 is 2.38. The van der Waals surface area contributed by atoms with Crippen LogP contribution in [0.2, 0.25) is 0 Å². The molecule has 0 spiro atoms. The highest BCUT2D eigenvalue weighted by molar-refractivity contribution is 8.00. The molecular weight excluding hydrogens is 513 g/mol. The second-order valence-corrected chi connectivity index (χ2v) is 9.80. The van der Waals surface area contributed by atoms with Crippen LogP contribution in [0.4, 0.5) is 9.52 Å². The van der Waals surface area contributed by atoms with Crippen LogP contribution in [0.3, 0.4) is 0 Å². The van der Waals surface area contributed by atoms with E-state index in [0.717, 1.165) is 16.9 Å². The molecule has 0 aromatic carbocycles. The lowest BCUT2D eigenvalue weighted by molar-refractivity contribution is -0.688. The Morgan fingerprint density at radius 1 is 1.42 bits per heavy atom. The predicted octanol–water partition coefficient (Wildman–Crippen LogP) is 0.352. The van der Waals surface area contributed by atoms with E-state index in [-0.39, 0.29) is 28.8 Å². The lowest BCUT2D eigenvalue weighted by Crippen LogP contribution is -2.71. The van der Waals surface area contributed by atoms with Crippen LogP contribution in [0.15, 0.2) is 58.7 Å². The molecule has 2 amide bonds. The highest BCUT2D eigenvalue weighted by Crippen LogP contribution is 2.40. The van der Waals surface area contributed by atoms with Gasteiger partial charge in [-0.05, 0) is 12.1 Å². The number of nitrogens with zero attached hydrogens (tertiary/aromatic N) is 5. The van der Waals surface area contributed by atoms with Crippen LogP contribution in [0, 0.1) is 0 Å². The molecule has 0 unspecified atom stereocenters. The fraction of sp³-hybridized carbons (Fsp3) is 0.238. The molecule has 4 N–H and O–H groups in total. The Morgan fingerprint density at radius 3 is 2.97 bits per heavy atom. The number of carboxylic acids is 1. The van der Waals surface area contributed by atoms with E-state index in [0.29, 0.717) is 11.3 Å². The first-order chi connectivity index (χ1) is 17.4. The van der Waals surface area contributed by atoms with Gasteiger partial charge >= 0.3 is 5.97 Å². The average molecular weight is 533 g/mol. The number of halogens is 1. The van der Waals surface area contributed by atoms with Gasteiger partial charge in [0.1, 0.15) is 28.3 Å². The van der Waals surface area contributed by atoms with Crippen molar-refractivity contribution < 1.29 is 33.3 Å². The van der Waals surface area contributed by atoms with Crippen molar-refractivity contribution in [3.8, 4) is 0 Å². The standard InChI is InChI=1S/C21H18FN7O5S2/c22-10-34-26-14(13-9-36-21(23)24-13)17(30)25-15-18(31)29-16(20(32)33)11(8-35-19(15)29)6-27-4-5-28-3-1-2-12(28)7-27/h1-5,7,9,15,19H,6,8,10H2,(H3-,23,24,25,30,32,33)/p+1/b26-14-/t15-,19-/m1/s1. The van der Waals surface area contributed by atoms with Gasteiger partial charge in [-0.15, -0.1) is 23.1 Å². The van der Waals surface area contributed by atoms with Gasteiger partial charge in [-0.3, -0.25) is 14.5 Å². The number of carbonyl (C=O) groups excluding carboxylic acids is 2. The summed E-state index contributed by atoms with van der Waals surface area (Å²) in [6.07, 6.45) is 7.47. The number of carbonyl (C=O) groups is 3. The minimum Gasteiger partial charge on any atom is -0.477 e. The van der Waals surface area contributed by atoms with Crippen molar-refractivity contribution in [2.24, 2.45) is 5.16 Å². The van der Waals surface area contributed by atoms with Gasteiger partial charge in [0, 0.05) is 22.9 Å². The van der Waals surface area contributed by atoms with Crippen LogP contribution in [-0.2, 0) is 25.8 Å². The average Bonchev–Trinajstić information content (AvgIpc) is 3.50. The first kappa shape index (κ1) is 23.7. The van der Waals surface area contributed by atoms with E-state index in [9.17, 15) is 23.9 Å². The summed E-state index contributed by atoms with van der Waals surface area (Å²) in [5, 5.41) is 16.9. The number of nitrogens with two attached hydrogens (primary N) is 1. The van der Waals surface area contributed by atoms with Crippen LogP contribution >= 0.6 is 23.1 Å². The number of aliphatic carboxylic acids is 1. The number of thiazole rings is 1. The summed E-state index contributed by atoms with van der Waals surface area (Å²) in [4.78, 5) is 47.5. The van der Waals surface area contributed by atoms with Crippen molar-refractivity contribution in [2.75, 3.05) is 18.3 Å². The quantitative estimate of drug-likeness (QED) is 0.162. The van der Waals surface area contributed by atoms with Crippen molar-refractivity contribution in [3.63, 3.8) is 0 Å². The number of anilines is 1. The maximum atomic E-state index is 13.0. The van der Waals surface area contributed by atoms with E-state index in [2.05, 4.69) is 20.3 Å². The number of aromatic nitrogens is 3. The molecule has 0 aliphatic carbocycles. The van der Waals surface area contributed by atoms with Gasteiger partial charge in [0.15, 0.2) is 29.8 Å². The molecular formula is C21H19FN7O5S2+. The molecule has 15 heteroatoms. The Bertz CT molecular complexity index is 1430. The van der Waals surface area contributed by atoms with E-state index in [1.807, 2.05) is 45.9 Å². The Labute approximate surface area is 210 Å². The zero-order chi connectivity index (χ0) is 25.4. The molecule has 5 heterocycles. The summed E-state index contributed by atoms with van der Waals surface area (Å²) in [7, 11) is 0. The summed E-state index contributed by atoms with van der Waals surface area (Å²) in [5.41, 5.74) is 6.73. The van der Waals surface area contributed by atoms with Gasteiger partial charge in [0.05, 0.1) is 6.20 Å². The SMILES string of the molecule is Nc1nc(/C(=N/OCF)C(=O)N[C@@H]2C(=O)N3C(C(=O)O)=C(C[n+]4ccn5cccc5c4)CS[C@H]23)cs1. The fourth-order valence-corrected chi connectivity index (χ4v) is 5.93. The molecule has 186 valence electrons. The number of amides is 2. The minimum atomic E-state index is -1.27. The van der Waals surface area contributed by atoms with Crippen LogP contribution in [0.1, 0.15) is 5.69 Å². The predicted molar refractivity (Wildman–Crippen MR) is 127 cm³/mol. The second-order valence-electron chi connectivity index (χ2n) is 7.81. The van der Waals surface area contributed by atoms with Gasteiger partial charge in [-0.25, -0.2) is 14.2 Å². The highest BCUT2D eigenvalue weighted by atomic mass is 32.2. The lowest BCUT2D eigenvalue weighted by Gasteiger charge is -2.49. The van der Waals surface area contributed by atoms with Crippen LogP contribution in [0.5, 0.6) is 0 Å². The topological polar surface area (TPSA) is 155 Å². The zero-order valence-corrected chi connectivity index (χ0v) is 20.0. The van der Waals surface area contributed by atoms with Crippen molar-refractivity contribution in [2.45, 2.75) is 18.0 Å². The number of rotatable bonds is 8. The van der Waals surface area contributed by atoms with Crippen LogP contribution in [-0.4, -0.2) is 66.9 Å². The summed E-state index contributed by atoms with van der Waals surface area (Å²) in [6, 6.07) is 2.82. The summed E-state index contributed by atoms with van der Waals surface area (Å²) in [6.45, 7) is -0.984. The number of thioether (sulfide) groups is 1. The molecule has 2 aliphatic heterocycles. The van der Waals surface area contributed by atoms with E-state index < -0.39 is 36.1 Å². The third-order valence-electron chi connectivity index (χ3n) is 5.62. The van der Waals surface area contributed by atoms with Gasteiger partial charge in [0.25, 0.3) is 18.7 Å². The first-order valence-electron chi connectivity index (χ1n) is 10.5. The van der Waals surface area contributed by atoms with Crippen LogP contribution < -0.4 is 15.6 Å². The Morgan fingerprint density at radius 2 is 2.25 bits per heavy atom. The number of hydrogen-bond acceptors (Lipinski definition) is 9. The van der Waals surface area contributed by atoms with Gasteiger partial charge in [-0.1, -0.05) is 5.16 Å². The molecule has 5 rings (SSSR count). The number of fused-ring (bicyclic) bond motifs is 2. The Kier molecular flexibility index (Phi) is 6.32. The molecule has 12 nitrogen and oxygen atoms in total. The summed E-state index contributed by atoms with van der Waals surface area (Å²) < 4.78 is 16.3. The normalized spacial score (nSPS) is 19.8. The molecule has 1 saturated heterocycles. The second kappa shape index (κ2) is 9.58. The number of hydrogen-bond donors (Lipinski definition) is 3. The van der Waals surface area contributed by atoms with Crippen molar-refractivity contribution in [1.82, 2.24) is 19.6 Å². The Hall–Kier alpha value is -3.98. The van der Waals surface area contributed by atoms with Crippen molar-refractivity contribution in [3.05, 3.63) is 59.3 Å². The van der Waals surface area contributed by atoms with Gasteiger partial charge in [-0.2, -0.15) is 4.57 Å². The monoisotopic (exact) mass is 532 g/mol. The van der Waals surface area contributed by atoms with E-state index in [4.69, 9.17) is 5.73 Å². The molecule has 2 atom stereocenters. The zero-order valence-electron chi connectivity index (χ0n) is 18.4. The number of oxime groups is 1. The number of β-lactam (4-membered cyclic amide) rings is 1. The van der Waals surface area contributed by atoms with E-state index in [1.165, 1.54) is 22.0 Å². The number of carboxylic acid groups (broad SMARTS) is 1.